The number of piperidine rings is 1. The Kier molecular flexibility index (Phi) is 8.93. The number of allylic oxidation sites excluding steroid dienone is 2. The van der Waals surface area contributed by atoms with Crippen LogP contribution in [0.3, 0.4) is 0 Å². The molecule has 3 atom stereocenters. The molecule has 2 fully saturated rings. The Morgan fingerprint density at radius 1 is 1.21 bits per heavy atom. The van der Waals surface area contributed by atoms with Crippen molar-refractivity contribution in [1.82, 2.24) is 20.4 Å². The highest BCUT2D eigenvalue weighted by Crippen LogP contribution is 2.36. The molecule has 0 aromatic rings. The van der Waals surface area contributed by atoms with Gasteiger partial charge in [0.2, 0.25) is 17.7 Å². The molecule has 2 saturated heterocycles. The molecule has 3 aliphatic heterocycles. The molecule has 33 heavy (non-hydrogen) atoms. The van der Waals surface area contributed by atoms with E-state index >= 15 is 0 Å². The number of fused-ring (bicyclic) bond motifs is 1. The van der Waals surface area contributed by atoms with Gasteiger partial charge in [-0.25, -0.2) is 0 Å². The summed E-state index contributed by atoms with van der Waals surface area (Å²) in [6, 6.07) is -0.456. The van der Waals surface area contributed by atoms with Crippen molar-refractivity contribution >= 4 is 17.7 Å². The largest absolute Gasteiger partial charge is 0.381 e. The first-order valence-electron chi connectivity index (χ1n) is 12.5. The normalized spacial score (nSPS) is 29.9. The van der Waals surface area contributed by atoms with Crippen molar-refractivity contribution in [1.29, 1.82) is 0 Å². The molecule has 1 spiro atoms. The molecule has 0 aromatic carbocycles. The number of nitrogens with zero attached hydrogens (tertiary/aromatic N) is 2. The van der Waals surface area contributed by atoms with Gasteiger partial charge >= 0.3 is 0 Å². The second kappa shape index (κ2) is 11.5. The monoisotopic (exact) mass is 462 g/mol. The number of likely N-dealkylation sites (tertiary alicyclic amines) is 1. The third-order valence-electron chi connectivity index (χ3n) is 7.40. The van der Waals surface area contributed by atoms with Crippen molar-refractivity contribution in [2.75, 3.05) is 46.9 Å². The molecule has 8 nitrogen and oxygen atoms in total. The Bertz CT molecular complexity index is 728. The van der Waals surface area contributed by atoms with Gasteiger partial charge in [-0.1, -0.05) is 26.0 Å². The Labute approximate surface area is 198 Å². The van der Waals surface area contributed by atoms with E-state index in [9.17, 15) is 14.4 Å². The quantitative estimate of drug-likeness (QED) is 0.619. The summed E-state index contributed by atoms with van der Waals surface area (Å²) in [5.41, 5.74) is -0.550. The van der Waals surface area contributed by atoms with Gasteiger partial charge in [0.1, 0.15) is 6.04 Å². The van der Waals surface area contributed by atoms with Gasteiger partial charge < -0.3 is 20.3 Å². The Balaban J connectivity index is 1.78. The lowest BCUT2D eigenvalue weighted by Crippen LogP contribution is -2.57. The summed E-state index contributed by atoms with van der Waals surface area (Å²) in [6.07, 6.45) is 8.56. The zero-order chi connectivity index (χ0) is 24.0. The third kappa shape index (κ3) is 6.79. The van der Waals surface area contributed by atoms with Gasteiger partial charge in [-0.2, -0.15) is 0 Å². The van der Waals surface area contributed by atoms with Crippen LogP contribution in [0.5, 0.6) is 0 Å². The molecule has 0 unspecified atom stereocenters. The number of nitrogens with one attached hydrogen (secondary N) is 2. The van der Waals surface area contributed by atoms with Crippen LogP contribution in [0.4, 0.5) is 0 Å². The van der Waals surface area contributed by atoms with E-state index in [0.29, 0.717) is 58.5 Å². The number of likely N-dealkylation sites (N-methyl/N-ethyl adjacent to an activating group) is 1. The summed E-state index contributed by atoms with van der Waals surface area (Å²) in [5, 5.41) is 6.36. The Hall–Kier alpha value is -1.93. The van der Waals surface area contributed by atoms with E-state index in [1.165, 1.54) is 0 Å². The summed E-state index contributed by atoms with van der Waals surface area (Å²) >= 11 is 0. The second-order valence-corrected chi connectivity index (χ2v) is 10.7. The van der Waals surface area contributed by atoms with Crippen molar-refractivity contribution in [3.8, 4) is 0 Å². The summed E-state index contributed by atoms with van der Waals surface area (Å²) in [6.45, 7) is 7.22. The molecule has 2 N–H and O–H groups in total. The van der Waals surface area contributed by atoms with Crippen LogP contribution in [0.1, 0.15) is 52.4 Å². The molecular weight excluding hydrogens is 420 g/mol. The van der Waals surface area contributed by atoms with Gasteiger partial charge in [-0.15, -0.1) is 0 Å². The molecule has 0 saturated carbocycles. The third-order valence-corrected chi connectivity index (χ3v) is 7.40. The smallest absolute Gasteiger partial charge is 0.242 e. The minimum absolute atomic E-state index is 0.0318. The highest BCUT2D eigenvalue weighted by Gasteiger charge is 2.42. The number of carbonyl (C=O) groups is 3. The zero-order valence-corrected chi connectivity index (χ0v) is 20.8. The number of hydrogen-bond acceptors (Lipinski definition) is 5. The van der Waals surface area contributed by atoms with Gasteiger partial charge in [-0.3, -0.25) is 19.3 Å². The summed E-state index contributed by atoms with van der Waals surface area (Å²) in [5.74, 6) is 0.503. The molecule has 8 heteroatoms. The SMILES string of the molecule is CC(C)C[C@H]1NC(=O)C2(C/C=C\C[C@@H]3COCC[C@@H]3NC1=O)CCN(CC(=O)N(C)C)CC2. The molecular formula is C25H42N4O4. The fourth-order valence-electron chi connectivity index (χ4n) is 5.09. The lowest BCUT2D eigenvalue weighted by molar-refractivity contribution is -0.139. The van der Waals surface area contributed by atoms with E-state index in [-0.39, 0.29) is 35.6 Å². The number of amides is 3. The van der Waals surface area contributed by atoms with E-state index in [1.54, 1.807) is 19.0 Å². The number of ether oxygens (including phenoxy) is 1. The van der Waals surface area contributed by atoms with Gasteiger partial charge in [0, 0.05) is 32.7 Å². The van der Waals surface area contributed by atoms with Gasteiger partial charge in [0.05, 0.1) is 18.6 Å². The standard InChI is InChI=1S/C25H42N4O4/c1-18(2)15-21-23(31)26-20-8-14-33-17-19(20)7-5-6-9-25(24(32)27-21)10-12-29(13-11-25)16-22(30)28(3)4/h5-6,18-21H,7-17H2,1-4H3,(H,26,31)(H,27,32)/b6-5-/t19-,20+,21-/m1/s1. The van der Waals surface area contributed by atoms with Crippen LogP contribution < -0.4 is 10.6 Å². The van der Waals surface area contributed by atoms with Crippen molar-refractivity contribution in [2.45, 2.75) is 64.5 Å². The van der Waals surface area contributed by atoms with Gasteiger partial charge in [0.15, 0.2) is 0 Å². The first-order chi connectivity index (χ1) is 15.7. The van der Waals surface area contributed by atoms with Crippen LogP contribution in [0.15, 0.2) is 12.2 Å². The first-order valence-corrected chi connectivity index (χ1v) is 12.5. The fourth-order valence-corrected chi connectivity index (χ4v) is 5.09. The molecule has 3 aliphatic rings. The van der Waals surface area contributed by atoms with E-state index in [2.05, 4.69) is 41.5 Å². The topological polar surface area (TPSA) is 91.0 Å². The highest BCUT2D eigenvalue weighted by atomic mass is 16.5. The molecule has 186 valence electrons. The highest BCUT2D eigenvalue weighted by molar-refractivity contribution is 5.90. The van der Waals surface area contributed by atoms with Crippen LogP contribution in [0, 0.1) is 17.3 Å². The van der Waals surface area contributed by atoms with Crippen LogP contribution in [0.2, 0.25) is 0 Å². The summed E-state index contributed by atoms with van der Waals surface area (Å²) in [4.78, 5) is 42.7. The number of hydrogen-bond donors (Lipinski definition) is 2. The predicted molar refractivity (Wildman–Crippen MR) is 127 cm³/mol. The first kappa shape index (κ1) is 25.7. The minimum Gasteiger partial charge on any atom is -0.381 e. The maximum atomic E-state index is 13.6. The Morgan fingerprint density at radius 3 is 2.61 bits per heavy atom. The Morgan fingerprint density at radius 2 is 1.94 bits per heavy atom. The van der Waals surface area contributed by atoms with E-state index in [4.69, 9.17) is 4.74 Å². The average Bonchev–Trinajstić information content (AvgIpc) is 2.77. The lowest BCUT2D eigenvalue weighted by Gasteiger charge is -2.41. The molecule has 0 bridgehead atoms. The van der Waals surface area contributed by atoms with Crippen molar-refractivity contribution in [3.63, 3.8) is 0 Å². The molecule has 0 radical (unpaired) electrons. The van der Waals surface area contributed by atoms with Crippen molar-refractivity contribution < 1.29 is 19.1 Å². The average molecular weight is 463 g/mol. The number of rotatable bonds is 4. The van der Waals surface area contributed by atoms with E-state index < -0.39 is 11.5 Å². The summed E-state index contributed by atoms with van der Waals surface area (Å²) in [7, 11) is 3.53. The van der Waals surface area contributed by atoms with Gasteiger partial charge in [-0.05, 0) is 57.5 Å². The number of carbonyl (C=O) groups excluding carboxylic acids is 3. The van der Waals surface area contributed by atoms with Crippen molar-refractivity contribution in [2.24, 2.45) is 17.3 Å². The van der Waals surface area contributed by atoms with Crippen LogP contribution in [-0.4, -0.2) is 86.5 Å². The summed E-state index contributed by atoms with van der Waals surface area (Å²) < 4.78 is 5.69. The molecule has 0 aliphatic carbocycles. The lowest BCUT2D eigenvalue weighted by atomic mass is 9.74. The molecule has 3 amide bonds. The second-order valence-electron chi connectivity index (χ2n) is 10.7. The van der Waals surface area contributed by atoms with Crippen molar-refractivity contribution in [3.05, 3.63) is 12.2 Å². The van der Waals surface area contributed by atoms with Crippen LogP contribution in [0.25, 0.3) is 0 Å². The molecule has 3 heterocycles. The maximum absolute atomic E-state index is 13.6. The molecule has 3 rings (SSSR count). The van der Waals surface area contributed by atoms with E-state index in [0.717, 1.165) is 12.8 Å². The predicted octanol–water partition coefficient (Wildman–Crippen LogP) is 1.56. The van der Waals surface area contributed by atoms with Gasteiger partial charge in [0.25, 0.3) is 0 Å². The van der Waals surface area contributed by atoms with E-state index in [1.807, 2.05) is 0 Å². The van der Waals surface area contributed by atoms with Crippen LogP contribution >= 0.6 is 0 Å². The van der Waals surface area contributed by atoms with Crippen LogP contribution in [-0.2, 0) is 19.1 Å². The molecule has 0 aromatic heterocycles. The zero-order valence-electron chi connectivity index (χ0n) is 20.8. The fraction of sp³-hybridized carbons (Fsp3) is 0.800. The maximum Gasteiger partial charge on any atom is 0.242 e. The minimum atomic E-state index is -0.550.